The predicted octanol–water partition coefficient (Wildman–Crippen LogP) is 4.69. The maximum absolute atomic E-state index is 15.3. The van der Waals surface area contributed by atoms with Crippen LogP contribution in [0.5, 0.6) is 0 Å². The van der Waals surface area contributed by atoms with Crippen LogP contribution in [0.2, 0.25) is 5.02 Å². The minimum Gasteiger partial charge on any atom is -0.465 e. The molecule has 3 N–H and O–H groups in total. The van der Waals surface area contributed by atoms with E-state index in [4.69, 9.17) is 28.1 Å². The van der Waals surface area contributed by atoms with Crippen LogP contribution < -0.4 is 21.2 Å². The molecule has 11 heteroatoms. The first-order valence-corrected chi connectivity index (χ1v) is 12.1. The standard InChI is InChI=1S/C27H24ClFN6O3/c1-2-9-22(34(17-8-16-31-27(37)38)21-14-6-12-19(28)23(21)29)25-32-20-13-7-15-30-24(20)26(36)35(25)33-18-10-4-3-5-11-18/h1,3-7,10-15,22,31,33H,8-9,16-17H2,(H,37,38). The van der Waals surface area contributed by atoms with Crippen molar-refractivity contribution in [3.8, 4) is 12.3 Å². The van der Waals surface area contributed by atoms with E-state index in [-0.39, 0.29) is 41.6 Å². The third-order valence-electron chi connectivity index (χ3n) is 5.75. The minimum absolute atomic E-state index is 0.0486. The van der Waals surface area contributed by atoms with Gasteiger partial charge in [-0.3, -0.25) is 10.2 Å². The van der Waals surface area contributed by atoms with Crippen LogP contribution in [-0.4, -0.2) is 38.9 Å². The lowest BCUT2D eigenvalue weighted by Gasteiger charge is -2.34. The zero-order chi connectivity index (χ0) is 27.1. The van der Waals surface area contributed by atoms with Crippen LogP contribution in [0.4, 0.5) is 20.6 Å². The number of carboxylic acid groups (broad SMARTS) is 1. The molecule has 0 aliphatic carbocycles. The molecule has 1 unspecified atom stereocenters. The number of pyridine rings is 1. The highest BCUT2D eigenvalue weighted by atomic mass is 35.5. The minimum atomic E-state index is -1.17. The van der Waals surface area contributed by atoms with E-state index >= 15 is 4.39 Å². The fourth-order valence-corrected chi connectivity index (χ4v) is 4.23. The number of fused-ring (bicyclic) bond motifs is 1. The van der Waals surface area contributed by atoms with Crippen molar-refractivity contribution in [2.45, 2.75) is 18.9 Å². The molecule has 4 rings (SSSR count). The topological polar surface area (TPSA) is 112 Å². The van der Waals surface area contributed by atoms with Gasteiger partial charge in [0.1, 0.15) is 6.04 Å². The molecule has 0 spiro atoms. The van der Waals surface area contributed by atoms with Crippen LogP contribution in [0.25, 0.3) is 11.0 Å². The maximum atomic E-state index is 15.3. The van der Waals surface area contributed by atoms with Crippen LogP contribution in [0.1, 0.15) is 24.7 Å². The van der Waals surface area contributed by atoms with Gasteiger partial charge in [-0.15, -0.1) is 12.3 Å². The molecule has 4 aromatic rings. The first kappa shape index (κ1) is 26.4. The van der Waals surface area contributed by atoms with Crippen molar-refractivity contribution >= 4 is 40.1 Å². The lowest BCUT2D eigenvalue weighted by Crippen LogP contribution is -2.39. The third-order valence-corrected chi connectivity index (χ3v) is 6.04. The molecule has 1 amide bonds. The average molecular weight is 535 g/mol. The molecular weight excluding hydrogens is 511 g/mol. The number of para-hydroxylation sites is 1. The largest absolute Gasteiger partial charge is 0.465 e. The summed E-state index contributed by atoms with van der Waals surface area (Å²) in [4.78, 5) is 35.2. The normalized spacial score (nSPS) is 11.5. The van der Waals surface area contributed by atoms with Gasteiger partial charge in [-0.25, -0.2) is 23.8 Å². The second-order valence-electron chi connectivity index (χ2n) is 8.24. The SMILES string of the molecule is C#CCC(c1nc2cccnc2c(=O)n1Nc1ccccc1)N(CCCNC(=O)O)c1cccc(Cl)c1F. The number of carbonyl (C=O) groups is 1. The molecule has 0 saturated carbocycles. The van der Waals surface area contributed by atoms with Crippen LogP contribution in [0, 0.1) is 18.2 Å². The number of anilines is 2. The van der Waals surface area contributed by atoms with E-state index in [1.54, 1.807) is 41.3 Å². The Morgan fingerprint density at radius 2 is 1.97 bits per heavy atom. The summed E-state index contributed by atoms with van der Waals surface area (Å²) in [7, 11) is 0. The summed E-state index contributed by atoms with van der Waals surface area (Å²) in [6.45, 7) is 0.289. The summed E-state index contributed by atoms with van der Waals surface area (Å²) >= 11 is 6.11. The molecule has 38 heavy (non-hydrogen) atoms. The van der Waals surface area contributed by atoms with Gasteiger partial charge in [0.05, 0.1) is 21.9 Å². The van der Waals surface area contributed by atoms with Gasteiger partial charge in [-0.2, -0.15) is 0 Å². The van der Waals surface area contributed by atoms with Crippen molar-refractivity contribution < 1.29 is 14.3 Å². The molecule has 0 radical (unpaired) electrons. The highest BCUT2D eigenvalue weighted by Crippen LogP contribution is 2.33. The lowest BCUT2D eigenvalue weighted by molar-refractivity contribution is 0.194. The fourth-order valence-electron chi connectivity index (χ4n) is 4.06. The summed E-state index contributed by atoms with van der Waals surface area (Å²) in [6.07, 6.45) is 6.45. The number of aromatic nitrogens is 3. The number of rotatable bonds is 10. The number of benzene rings is 2. The van der Waals surface area contributed by atoms with Crippen molar-refractivity contribution in [3.05, 3.63) is 93.9 Å². The van der Waals surface area contributed by atoms with Crippen molar-refractivity contribution in [3.63, 3.8) is 0 Å². The van der Waals surface area contributed by atoms with Gasteiger partial charge >= 0.3 is 6.09 Å². The van der Waals surface area contributed by atoms with Gasteiger partial charge < -0.3 is 15.3 Å². The van der Waals surface area contributed by atoms with Crippen LogP contribution in [0.15, 0.2) is 71.7 Å². The van der Waals surface area contributed by atoms with Gasteiger partial charge in [0.15, 0.2) is 17.2 Å². The number of nitrogens with zero attached hydrogens (tertiary/aromatic N) is 4. The highest BCUT2D eigenvalue weighted by molar-refractivity contribution is 6.31. The molecule has 194 valence electrons. The van der Waals surface area contributed by atoms with Crippen molar-refractivity contribution in [1.29, 1.82) is 0 Å². The number of halogens is 2. The molecule has 0 fully saturated rings. The van der Waals surface area contributed by atoms with Crippen molar-refractivity contribution in [2.75, 3.05) is 23.4 Å². The van der Waals surface area contributed by atoms with Gasteiger partial charge in [0.25, 0.3) is 5.56 Å². The summed E-state index contributed by atoms with van der Waals surface area (Å²) in [5, 5.41) is 11.2. The van der Waals surface area contributed by atoms with Gasteiger partial charge in [0, 0.05) is 25.7 Å². The Morgan fingerprint density at radius 3 is 2.71 bits per heavy atom. The monoisotopic (exact) mass is 534 g/mol. The Bertz CT molecular complexity index is 1540. The third kappa shape index (κ3) is 5.85. The van der Waals surface area contributed by atoms with Crippen molar-refractivity contribution in [2.24, 2.45) is 0 Å². The number of nitrogens with one attached hydrogen (secondary N) is 2. The molecule has 0 bridgehead atoms. The average Bonchev–Trinajstić information content (AvgIpc) is 2.92. The number of amides is 1. The van der Waals surface area contributed by atoms with E-state index in [2.05, 4.69) is 21.6 Å². The first-order valence-electron chi connectivity index (χ1n) is 11.7. The fraction of sp³-hybridized carbons (Fsp3) is 0.185. The second-order valence-corrected chi connectivity index (χ2v) is 8.64. The smallest absolute Gasteiger partial charge is 0.404 e. The van der Waals surface area contributed by atoms with E-state index in [0.717, 1.165) is 0 Å². The van der Waals surface area contributed by atoms with Gasteiger partial charge in [0.2, 0.25) is 0 Å². The molecule has 2 aromatic carbocycles. The number of hydrogen-bond donors (Lipinski definition) is 3. The molecule has 0 saturated heterocycles. The predicted molar refractivity (Wildman–Crippen MR) is 145 cm³/mol. The lowest BCUT2D eigenvalue weighted by atomic mass is 10.1. The first-order chi connectivity index (χ1) is 18.4. The summed E-state index contributed by atoms with van der Waals surface area (Å²) in [5.41, 5.74) is 3.86. The molecule has 1 atom stereocenters. The molecule has 0 aliphatic rings. The van der Waals surface area contributed by atoms with E-state index < -0.39 is 23.5 Å². The highest BCUT2D eigenvalue weighted by Gasteiger charge is 2.29. The van der Waals surface area contributed by atoms with Gasteiger partial charge in [-0.1, -0.05) is 35.9 Å². The van der Waals surface area contributed by atoms with Crippen LogP contribution in [-0.2, 0) is 0 Å². The summed E-state index contributed by atoms with van der Waals surface area (Å²) in [5.74, 6) is 2.17. The summed E-state index contributed by atoms with van der Waals surface area (Å²) < 4.78 is 16.6. The van der Waals surface area contributed by atoms with E-state index in [1.807, 2.05) is 18.2 Å². The Labute approximate surface area is 222 Å². The van der Waals surface area contributed by atoms with Crippen LogP contribution >= 0.6 is 11.6 Å². The Hall–Kier alpha value is -4.62. The van der Waals surface area contributed by atoms with Crippen molar-refractivity contribution in [1.82, 2.24) is 20.0 Å². The van der Waals surface area contributed by atoms with E-state index in [9.17, 15) is 9.59 Å². The molecule has 9 nitrogen and oxygen atoms in total. The zero-order valence-corrected chi connectivity index (χ0v) is 20.9. The number of terminal acetylenes is 1. The Kier molecular flexibility index (Phi) is 8.40. The number of hydrogen-bond acceptors (Lipinski definition) is 6. The molecule has 2 heterocycles. The Morgan fingerprint density at radius 1 is 1.18 bits per heavy atom. The second kappa shape index (κ2) is 12.1. The van der Waals surface area contributed by atoms with Crippen LogP contribution in [0.3, 0.4) is 0 Å². The molecule has 2 aromatic heterocycles. The quantitative estimate of drug-likeness (QED) is 0.200. The van der Waals surface area contributed by atoms with E-state index in [0.29, 0.717) is 17.6 Å². The molecule has 0 aliphatic heterocycles. The van der Waals surface area contributed by atoms with Gasteiger partial charge in [-0.05, 0) is 42.8 Å². The van der Waals surface area contributed by atoms with E-state index in [1.165, 1.54) is 16.9 Å². The Balaban J connectivity index is 1.90. The summed E-state index contributed by atoms with van der Waals surface area (Å²) in [6, 6.07) is 16.1. The zero-order valence-electron chi connectivity index (χ0n) is 20.1. The molecular formula is C27H24ClFN6O3. The maximum Gasteiger partial charge on any atom is 0.404 e.